The van der Waals surface area contributed by atoms with Crippen LogP contribution < -0.4 is 9.62 Å². The molecule has 0 saturated heterocycles. The van der Waals surface area contributed by atoms with Crippen molar-refractivity contribution in [2.45, 2.75) is 19.4 Å². The van der Waals surface area contributed by atoms with Gasteiger partial charge in [-0.3, -0.25) is 9.10 Å². The van der Waals surface area contributed by atoms with Crippen LogP contribution in [0, 0.1) is 11.6 Å². The molecule has 1 N–H and O–H groups in total. The van der Waals surface area contributed by atoms with Gasteiger partial charge in [-0.2, -0.15) is 4.98 Å². The molecule has 2 aromatic carbocycles. The summed E-state index contributed by atoms with van der Waals surface area (Å²) < 4.78 is 56.7. The van der Waals surface area contributed by atoms with Crippen molar-refractivity contribution < 1.29 is 26.5 Å². The summed E-state index contributed by atoms with van der Waals surface area (Å²) >= 11 is 0. The van der Waals surface area contributed by atoms with E-state index in [1.54, 1.807) is 0 Å². The largest absolute Gasteiger partial charge is 0.347 e. The predicted molar refractivity (Wildman–Crippen MR) is 109 cm³/mol. The molecule has 0 radical (unpaired) electrons. The van der Waals surface area contributed by atoms with E-state index in [9.17, 15) is 22.0 Å². The van der Waals surface area contributed by atoms with E-state index >= 15 is 0 Å². The van der Waals surface area contributed by atoms with Gasteiger partial charge in [0, 0.05) is 24.6 Å². The molecule has 1 aromatic heterocycles. The summed E-state index contributed by atoms with van der Waals surface area (Å²) in [5.74, 6) is -1.95. The molecule has 164 valence electrons. The van der Waals surface area contributed by atoms with Crippen LogP contribution in [0.15, 0.2) is 53.1 Å². The Labute approximate surface area is 177 Å². The number of halogens is 2. The highest BCUT2D eigenvalue weighted by molar-refractivity contribution is 7.92. The van der Waals surface area contributed by atoms with Crippen LogP contribution in [0.3, 0.4) is 0 Å². The molecule has 0 aliphatic carbocycles. The minimum Gasteiger partial charge on any atom is -0.347 e. The first-order valence-electron chi connectivity index (χ1n) is 9.31. The van der Waals surface area contributed by atoms with Crippen molar-refractivity contribution in [1.82, 2.24) is 15.5 Å². The maximum Gasteiger partial charge on any atom is 0.246 e. The second kappa shape index (κ2) is 9.65. The minimum absolute atomic E-state index is 0.00930. The molecule has 8 nitrogen and oxygen atoms in total. The number of hydrogen-bond acceptors (Lipinski definition) is 6. The van der Waals surface area contributed by atoms with Crippen molar-refractivity contribution in [2.24, 2.45) is 0 Å². The number of benzene rings is 2. The fraction of sp³-hybridized carbons (Fsp3) is 0.250. The Hall–Kier alpha value is -3.34. The Kier molecular flexibility index (Phi) is 6.95. The van der Waals surface area contributed by atoms with E-state index in [0.29, 0.717) is 5.82 Å². The third-order valence-corrected chi connectivity index (χ3v) is 5.49. The Balaban J connectivity index is 1.51. The standard InChI is InChI=1S/C20H20F2N4O4S/c1-31(28,29)26(15-9-10-16(21)17(22)12-15)11-5-8-18(27)23-13-19-24-20(25-30-19)14-6-3-2-4-7-14/h2-4,6-7,9-10,12H,5,8,11,13H2,1H3,(H,23,27). The fourth-order valence-corrected chi connectivity index (χ4v) is 3.76. The smallest absolute Gasteiger partial charge is 0.246 e. The number of aromatic nitrogens is 2. The van der Waals surface area contributed by atoms with Crippen LogP contribution in [0.5, 0.6) is 0 Å². The third kappa shape index (κ3) is 6.07. The van der Waals surface area contributed by atoms with Crippen molar-refractivity contribution in [3.63, 3.8) is 0 Å². The summed E-state index contributed by atoms with van der Waals surface area (Å²) in [4.78, 5) is 16.3. The Bertz CT molecular complexity index is 1150. The molecule has 3 rings (SSSR count). The van der Waals surface area contributed by atoms with Crippen molar-refractivity contribution in [3.05, 3.63) is 66.1 Å². The second-order valence-corrected chi connectivity index (χ2v) is 8.60. The number of carbonyl (C=O) groups excluding carboxylic acids is 1. The molecule has 0 saturated carbocycles. The highest BCUT2D eigenvalue weighted by Gasteiger charge is 2.19. The third-order valence-electron chi connectivity index (χ3n) is 4.29. The van der Waals surface area contributed by atoms with Crippen molar-refractivity contribution in [2.75, 3.05) is 17.1 Å². The summed E-state index contributed by atoms with van der Waals surface area (Å²) in [6, 6.07) is 12.0. The van der Waals surface area contributed by atoms with Gasteiger partial charge in [-0.15, -0.1) is 0 Å². The molecule has 0 bridgehead atoms. The number of rotatable bonds is 9. The van der Waals surface area contributed by atoms with E-state index in [1.165, 1.54) is 6.07 Å². The SMILES string of the molecule is CS(=O)(=O)N(CCCC(=O)NCc1nc(-c2ccccc2)no1)c1ccc(F)c(F)c1. The highest BCUT2D eigenvalue weighted by Crippen LogP contribution is 2.21. The Morgan fingerprint density at radius 2 is 1.87 bits per heavy atom. The van der Waals surface area contributed by atoms with Crippen LogP contribution >= 0.6 is 0 Å². The number of nitrogens with zero attached hydrogens (tertiary/aromatic N) is 3. The highest BCUT2D eigenvalue weighted by atomic mass is 32.2. The van der Waals surface area contributed by atoms with Gasteiger partial charge in [-0.1, -0.05) is 35.5 Å². The fourth-order valence-electron chi connectivity index (χ4n) is 2.80. The van der Waals surface area contributed by atoms with Crippen molar-refractivity contribution in [3.8, 4) is 11.4 Å². The van der Waals surface area contributed by atoms with E-state index in [-0.39, 0.29) is 43.4 Å². The van der Waals surface area contributed by atoms with Gasteiger partial charge in [0.15, 0.2) is 11.6 Å². The van der Waals surface area contributed by atoms with Gasteiger partial charge in [-0.05, 0) is 18.6 Å². The Morgan fingerprint density at radius 3 is 2.55 bits per heavy atom. The summed E-state index contributed by atoms with van der Waals surface area (Å²) in [5, 5.41) is 6.48. The molecule has 31 heavy (non-hydrogen) atoms. The molecule has 0 fully saturated rings. The molecule has 0 spiro atoms. The zero-order valence-corrected chi connectivity index (χ0v) is 17.4. The summed E-state index contributed by atoms with van der Waals surface area (Å²) in [6.07, 6.45) is 1.13. The van der Waals surface area contributed by atoms with Gasteiger partial charge in [0.2, 0.25) is 27.6 Å². The average molecular weight is 450 g/mol. The molecule has 0 aliphatic heterocycles. The van der Waals surface area contributed by atoms with E-state index in [4.69, 9.17) is 4.52 Å². The van der Waals surface area contributed by atoms with Gasteiger partial charge in [0.25, 0.3) is 0 Å². The van der Waals surface area contributed by atoms with Gasteiger partial charge in [0.05, 0.1) is 18.5 Å². The molecular formula is C20H20F2N4O4S. The van der Waals surface area contributed by atoms with E-state index < -0.39 is 21.7 Å². The lowest BCUT2D eigenvalue weighted by Gasteiger charge is -2.22. The molecule has 1 amide bonds. The normalized spacial score (nSPS) is 11.3. The number of hydrogen-bond donors (Lipinski definition) is 1. The molecule has 11 heteroatoms. The number of anilines is 1. The summed E-state index contributed by atoms with van der Waals surface area (Å²) in [6.45, 7) is -0.0479. The summed E-state index contributed by atoms with van der Waals surface area (Å²) in [7, 11) is -3.75. The molecule has 0 unspecified atom stereocenters. The van der Waals surface area contributed by atoms with Gasteiger partial charge < -0.3 is 9.84 Å². The van der Waals surface area contributed by atoms with Crippen molar-refractivity contribution >= 4 is 21.6 Å². The average Bonchev–Trinajstić information content (AvgIpc) is 3.21. The van der Waals surface area contributed by atoms with Crippen LogP contribution in [-0.4, -0.2) is 37.3 Å². The minimum atomic E-state index is -3.75. The molecule has 1 heterocycles. The predicted octanol–water partition coefficient (Wildman–Crippen LogP) is 2.88. The van der Waals surface area contributed by atoms with Crippen LogP contribution in [0.2, 0.25) is 0 Å². The number of nitrogens with one attached hydrogen (secondary N) is 1. The first-order valence-corrected chi connectivity index (χ1v) is 11.2. The van der Waals surface area contributed by atoms with E-state index in [1.807, 2.05) is 30.3 Å². The lowest BCUT2D eigenvalue weighted by atomic mass is 10.2. The molecular weight excluding hydrogens is 430 g/mol. The molecule has 0 aliphatic rings. The van der Waals surface area contributed by atoms with Gasteiger partial charge in [-0.25, -0.2) is 17.2 Å². The van der Waals surface area contributed by atoms with E-state index in [0.717, 1.165) is 28.3 Å². The van der Waals surface area contributed by atoms with E-state index in [2.05, 4.69) is 15.5 Å². The van der Waals surface area contributed by atoms with Gasteiger partial charge >= 0.3 is 0 Å². The van der Waals surface area contributed by atoms with Crippen LogP contribution in [-0.2, 0) is 21.4 Å². The lowest BCUT2D eigenvalue weighted by Crippen LogP contribution is -2.32. The van der Waals surface area contributed by atoms with Crippen LogP contribution in [0.1, 0.15) is 18.7 Å². The zero-order valence-electron chi connectivity index (χ0n) is 16.6. The topological polar surface area (TPSA) is 105 Å². The van der Waals surface area contributed by atoms with Crippen LogP contribution in [0.4, 0.5) is 14.5 Å². The zero-order chi connectivity index (χ0) is 22.4. The first kappa shape index (κ1) is 22.3. The first-order chi connectivity index (χ1) is 14.7. The maximum atomic E-state index is 13.5. The Morgan fingerprint density at radius 1 is 1.13 bits per heavy atom. The number of amides is 1. The number of sulfonamides is 1. The van der Waals surface area contributed by atoms with Gasteiger partial charge in [0.1, 0.15) is 0 Å². The second-order valence-electron chi connectivity index (χ2n) is 6.69. The molecule has 0 atom stereocenters. The monoisotopic (exact) mass is 450 g/mol. The molecule has 3 aromatic rings. The quantitative estimate of drug-likeness (QED) is 0.538. The maximum absolute atomic E-state index is 13.5. The number of carbonyl (C=O) groups is 1. The summed E-state index contributed by atoms with van der Waals surface area (Å²) in [5.41, 5.74) is 0.767. The van der Waals surface area contributed by atoms with Crippen molar-refractivity contribution in [1.29, 1.82) is 0 Å². The van der Waals surface area contributed by atoms with Crippen LogP contribution in [0.25, 0.3) is 11.4 Å². The lowest BCUT2D eigenvalue weighted by molar-refractivity contribution is -0.121.